The van der Waals surface area contributed by atoms with Crippen LogP contribution in [0.2, 0.25) is 5.02 Å². The van der Waals surface area contributed by atoms with Crippen LogP contribution in [0, 0.1) is 5.82 Å². The largest absolute Gasteiger partial charge is 0.391 e. The van der Waals surface area contributed by atoms with Gasteiger partial charge < -0.3 is 10.0 Å². The summed E-state index contributed by atoms with van der Waals surface area (Å²) in [5.41, 5.74) is 0.756. The second kappa shape index (κ2) is 5.45. The maximum Gasteiger partial charge on any atom is 0.142 e. The highest BCUT2D eigenvalue weighted by molar-refractivity contribution is 6.30. The van der Waals surface area contributed by atoms with Crippen LogP contribution in [0.25, 0.3) is 0 Å². The van der Waals surface area contributed by atoms with Gasteiger partial charge in [0.15, 0.2) is 0 Å². The first kappa shape index (κ1) is 12.4. The molecule has 15 heavy (non-hydrogen) atoms. The molecule has 0 bridgehead atoms. The molecule has 0 amide bonds. The van der Waals surface area contributed by atoms with Gasteiger partial charge >= 0.3 is 0 Å². The molecular formula is C11H15ClFNO. The number of halogens is 2. The van der Waals surface area contributed by atoms with Crippen LogP contribution in [-0.4, -0.2) is 36.8 Å². The van der Waals surface area contributed by atoms with Crippen molar-refractivity contribution in [1.82, 2.24) is 4.90 Å². The van der Waals surface area contributed by atoms with Crippen molar-refractivity contribution in [3.63, 3.8) is 0 Å². The number of aliphatic hydroxyl groups excluding tert-OH is 1. The summed E-state index contributed by atoms with van der Waals surface area (Å²) < 4.78 is 13.1. The zero-order valence-electron chi connectivity index (χ0n) is 8.87. The molecule has 0 aliphatic rings. The van der Waals surface area contributed by atoms with E-state index in [2.05, 4.69) is 0 Å². The summed E-state index contributed by atoms with van der Waals surface area (Å²) in [7, 11) is 3.76. The molecule has 0 spiro atoms. The number of hydrogen-bond acceptors (Lipinski definition) is 2. The number of hydrogen-bond donors (Lipinski definition) is 1. The maximum atomic E-state index is 13.1. The molecule has 0 saturated heterocycles. The lowest BCUT2D eigenvalue weighted by molar-refractivity contribution is 0.137. The van der Waals surface area contributed by atoms with E-state index in [1.165, 1.54) is 12.1 Å². The molecule has 1 unspecified atom stereocenters. The molecule has 0 radical (unpaired) electrons. The second-order valence-corrected chi connectivity index (χ2v) is 4.28. The van der Waals surface area contributed by atoms with Crippen molar-refractivity contribution >= 4 is 11.6 Å². The third kappa shape index (κ3) is 4.16. The molecular weight excluding hydrogens is 217 g/mol. The van der Waals surface area contributed by atoms with E-state index >= 15 is 0 Å². The average Bonchev–Trinajstić information content (AvgIpc) is 2.10. The van der Waals surface area contributed by atoms with Crippen molar-refractivity contribution < 1.29 is 9.50 Å². The summed E-state index contributed by atoms with van der Waals surface area (Å²) in [5.74, 6) is -0.439. The fourth-order valence-corrected chi connectivity index (χ4v) is 1.54. The van der Waals surface area contributed by atoms with Crippen LogP contribution in [-0.2, 0) is 6.42 Å². The van der Waals surface area contributed by atoms with E-state index in [4.69, 9.17) is 11.6 Å². The smallest absolute Gasteiger partial charge is 0.142 e. The Morgan fingerprint density at radius 3 is 2.67 bits per heavy atom. The third-order valence-electron chi connectivity index (χ3n) is 2.03. The predicted octanol–water partition coefficient (Wildman–Crippen LogP) is 1.94. The summed E-state index contributed by atoms with van der Waals surface area (Å²) in [6.07, 6.45) is -0.0488. The van der Waals surface area contributed by atoms with Gasteiger partial charge in [0, 0.05) is 6.54 Å². The molecule has 1 atom stereocenters. The van der Waals surface area contributed by atoms with Crippen LogP contribution in [0.5, 0.6) is 0 Å². The van der Waals surface area contributed by atoms with Gasteiger partial charge in [-0.2, -0.15) is 0 Å². The van der Waals surface area contributed by atoms with Crippen LogP contribution in [0.4, 0.5) is 4.39 Å². The molecule has 1 rings (SSSR count). The number of nitrogens with zero attached hydrogens (tertiary/aromatic N) is 1. The van der Waals surface area contributed by atoms with Crippen molar-refractivity contribution in [2.75, 3.05) is 20.6 Å². The summed E-state index contributed by atoms with van der Waals surface area (Å²) in [6.45, 7) is 0.560. The van der Waals surface area contributed by atoms with Crippen LogP contribution >= 0.6 is 11.6 Å². The first-order chi connectivity index (χ1) is 6.99. The number of aliphatic hydroxyl groups is 1. The van der Waals surface area contributed by atoms with Gasteiger partial charge in [-0.15, -0.1) is 0 Å². The lowest BCUT2D eigenvalue weighted by atomic mass is 10.1. The van der Waals surface area contributed by atoms with Gasteiger partial charge in [0.25, 0.3) is 0 Å². The van der Waals surface area contributed by atoms with Crippen molar-refractivity contribution in [2.24, 2.45) is 0 Å². The first-order valence-electron chi connectivity index (χ1n) is 4.75. The SMILES string of the molecule is CN(C)CC(O)Cc1ccc(Cl)c(F)c1. The summed E-state index contributed by atoms with van der Waals surface area (Å²) in [6, 6.07) is 4.60. The standard InChI is InChI=1S/C11H15ClFNO/c1-14(2)7-9(15)5-8-3-4-10(12)11(13)6-8/h3-4,6,9,15H,5,7H2,1-2H3. The second-order valence-electron chi connectivity index (χ2n) is 3.87. The normalized spacial score (nSPS) is 13.2. The summed E-state index contributed by atoms with van der Waals surface area (Å²) in [4.78, 5) is 1.89. The zero-order valence-corrected chi connectivity index (χ0v) is 9.63. The molecule has 0 aliphatic carbocycles. The van der Waals surface area contributed by atoms with Crippen molar-refractivity contribution in [2.45, 2.75) is 12.5 Å². The monoisotopic (exact) mass is 231 g/mol. The molecule has 84 valence electrons. The number of benzene rings is 1. The molecule has 0 fully saturated rings. The van der Waals surface area contributed by atoms with Gasteiger partial charge in [-0.1, -0.05) is 17.7 Å². The summed E-state index contributed by atoms with van der Waals surface area (Å²) in [5, 5.41) is 9.75. The highest BCUT2D eigenvalue weighted by Crippen LogP contribution is 2.16. The van der Waals surface area contributed by atoms with E-state index in [0.29, 0.717) is 13.0 Å². The minimum atomic E-state index is -0.486. The Labute approximate surface area is 94.3 Å². The molecule has 0 heterocycles. The Bertz CT molecular complexity index is 330. The first-order valence-corrected chi connectivity index (χ1v) is 5.13. The van der Waals surface area contributed by atoms with Gasteiger partial charge in [-0.05, 0) is 38.2 Å². The fraction of sp³-hybridized carbons (Fsp3) is 0.455. The molecule has 1 aromatic rings. The Hall–Kier alpha value is -0.640. The van der Waals surface area contributed by atoms with Crippen LogP contribution in [0.3, 0.4) is 0 Å². The summed E-state index contributed by atoms with van der Waals surface area (Å²) >= 11 is 5.56. The molecule has 1 N–H and O–H groups in total. The quantitative estimate of drug-likeness (QED) is 0.856. The lowest BCUT2D eigenvalue weighted by Gasteiger charge is -2.15. The molecule has 2 nitrogen and oxygen atoms in total. The van der Waals surface area contributed by atoms with Crippen molar-refractivity contribution in [3.05, 3.63) is 34.6 Å². The van der Waals surface area contributed by atoms with Gasteiger partial charge in [0.1, 0.15) is 5.82 Å². The van der Waals surface area contributed by atoms with Crippen LogP contribution in [0.15, 0.2) is 18.2 Å². The predicted molar refractivity (Wildman–Crippen MR) is 59.7 cm³/mol. The van der Waals surface area contributed by atoms with E-state index in [-0.39, 0.29) is 5.02 Å². The molecule has 0 aromatic heterocycles. The Balaban J connectivity index is 2.60. The Morgan fingerprint density at radius 1 is 1.47 bits per heavy atom. The van der Waals surface area contributed by atoms with Crippen LogP contribution < -0.4 is 0 Å². The van der Waals surface area contributed by atoms with Gasteiger partial charge in [0.2, 0.25) is 0 Å². The van der Waals surface area contributed by atoms with Gasteiger partial charge in [0.05, 0.1) is 11.1 Å². The number of likely N-dealkylation sites (N-methyl/N-ethyl adjacent to an activating group) is 1. The van der Waals surface area contributed by atoms with E-state index in [1.807, 2.05) is 19.0 Å². The number of rotatable bonds is 4. The van der Waals surface area contributed by atoms with E-state index in [9.17, 15) is 9.50 Å². The average molecular weight is 232 g/mol. The van der Waals surface area contributed by atoms with Gasteiger partial charge in [-0.25, -0.2) is 4.39 Å². The third-order valence-corrected chi connectivity index (χ3v) is 2.34. The Kier molecular flexibility index (Phi) is 4.51. The van der Waals surface area contributed by atoms with Crippen LogP contribution in [0.1, 0.15) is 5.56 Å². The topological polar surface area (TPSA) is 23.5 Å². The molecule has 4 heteroatoms. The minimum absolute atomic E-state index is 0.112. The molecule has 1 aromatic carbocycles. The van der Waals surface area contributed by atoms with E-state index in [1.54, 1.807) is 6.07 Å². The maximum absolute atomic E-state index is 13.1. The van der Waals surface area contributed by atoms with E-state index < -0.39 is 11.9 Å². The Morgan fingerprint density at radius 2 is 2.13 bits per heavy atom. The highest BCUT2D eigenvalue weighted by Gasteiger charge is 2.08. The van der Waals surface area contributed by atoms with E-state index in [0.717, 1.165) is 5.56 Å². The molecule has 0 aliphatic heterocycles. The van der Waals surface area contributed by atoms with Crippen molar-refractivity contribution in [3.8, 4) is 0 Å². The van der Waals surface area contributed by atoms with Crippen molar-refractivity contribution in [1.29, 1.82) is 0 Å². The molecule has 0 saturated carbocycles. The minimum Gasteiger partial charge on any atom is -0.391 e. The lowest BCUT2D eigenvalue weighted by Crippen LogP contribution is -2.27. The fourth-order valence-electron chi connectivity index (χ4n) is 1.42. The highest BCUT2D eigenvalue weighted by atomic mass is 35.5. The van der Waals surface area contributed by atoms with Gasteiger partial charge in [-0.3, -0.25) is 0 Å². The zero-order chi connectivity index (χ0) is 11.4.